The number of alkyl carbamates (subject to hydrolysis) is 2. The molecule has 11 nitrogen and oxygen atoms in total. The summed E-state index contributed by atoms with van der Waals surface area (Å²) in [6, 6.07) is 18.5. The van der Waals surface area contributed by atoms with Crippen molar-refractivity contribution >= 4 is 29.8 Å². The number of carbonyl (C=O) groups is 5. The quantitative estimate of drug-likeness (QED) is 0.323. The number of Topliss-reactive ketones (excluding diaryl/α,β-unsaturated/α-hetero) is 1. The number of ether oxygens (including phenoxy) is 2. The maximum atomic E-state index is 13.4. The highest BCUT2D eigenvalue weighted by Crippen LogP contribution is 2.11. The zero-order valence-electron chi connectivity index (χ0n) is 26.7. The van der Waals surface area contributed by atoms with Gasteiger partial charge in [-0.05, 0) is 52.7 Å². The van der Waals surface area contributed by atoms with Gasteiger partial charge < -0.3 is 29.9 Å². The topological polar surface area (TPSA) is 134 Å². The second-order valence-corrected chi connectivity index (χ2v) is 12.4. The van der Waals surface area contributed by atoms with E-state index in [0.29, 0.717) is 0 Å². The molecule has 0 spiro atoms. The van der Waals surface area contributed by atoms with E-state index >= 15 is 0 Å². The van der Waals surface area contributed by atoms with Crippen molar-refractivity contribution in [3.8, 4) is 0 Å². The van der Waals surface area contributed by atoms with E-state index in [9.17, 15) is 24.0 Å². The minimum Gasteiger partial charge on any atom is -0.444 e. The molecule has 0 aromatic heterocycles. The monoisotopic (exact) mass is 610 g/mol. The van der Waals surface area contributed by atoms with Crippen molar-refractivity contribution in [1.29, 1.82) is 0 Å². The number of rotatable bonds is 14. The maximum absolute atomic E-state index is 13.4. The van der Waals surface area contributed by atoms with E-state index in [1.54, 1.807) is 41.5 Å². The Morgan fingerprint density at radius 2 is 0.932 bits per heavy atom. The molecule has 11 heteroatoms. The maximum Gasteiger partial charge on any atom is 0.407 e. The first kappa shape index (κ1) is 35.8. The third-order valence-corrected chi connectivity index (χ3v) is 5.89. The summed E-state index contributed by atoms with van der Waals surface area (Å²) in [5, 5.41) is 5.14. The lowest BCUT2D eigenvalue weighted by molar-refractivity contribution is -0.139. The first-order chi connectivity index (χ1) is 20.6. The average Bonchev–Trinajstić information content (AvgIpc) is 2.91. The van der Waals surface area contributed by atoms with Gasteiger partial charge in [-0.3, -0.25) is 14.4 Å². The van der Waals surface area contributed by atoms with Crippen LogP contribution in [0.4, 0.5) is 9.59 Å². The van der Waals surface area contributed by atoms with Gasteiger partial charge in [0.1, 0.15) is 11.2 Å². The molecule has 0 atom stereocenters. The summed E-state index contributed by atoms with van der Waals surface area (Å²) in [6.45, 7) is 10.5. The molecular weight excluding hydrogens is 564 g/mol. The van der Waals surface area contributed by atoms with Gasteiger partial charge >= 0.3 is 12.2 Å². The van der Waals surface area contributed by atoms with Gasteiger partial charge in [-0.15, -0.1) is 0 Å². The molecule has 0 saturated heterocycles. The lowest BCUT2D eigenvalue weighted by atomic mass is 10.1. The zero-order chi connectivity index (χ0) is 32.8. The third-order valence-electron chi connectivity index (χ3n) is 5.89. The Labute approximate surface area is 260 Å². The molecule has 44 heavy (non-hydrogen) atoms. The largest absolute Gasteiger partial charge is 0.444 e. The first-order valence-electron chi connectivity index (χ1n) is 14.7. The molecule has 0 bridgehead atoms. The Morgan fingerprint density at radius 1 is 0.591 bits per heavy atom. The van der Waals surface area contributed by atoms with Crippen LogP contribution in [0.15, 0.2) is 60.7 Å². The molecule has 0 unspecified atom stereocenters. The molecule has 0 aliphatic carbocycles. The van der Waals surface area contributed by atoms with Gasteiger partial charge in [-0.1, -0.05) is 60.7 Å². The zero-order valence-corrected chi connectivity index (χ0v) is 26.7. The normalized spacial score (nSPS) is 11.2. The number of hydrogen-bond donors (Lipinski definition) is 2. The predicted octanol–water partition coefficient (Wildman–Crippen LogP) is 4.44. The summed E-state index contributed by atoms with van der Waals surface area (Å²) in [4.78, 5) is 66.6. The summed E-state index contributed by atoms with van der Waals surface area (Å²) in [5.74, 6) is -1.000. The molecule has 240 valence electrons. The van der Waals surface area contributed by atoms with Gasteiger partial charge in [0.05, 0.1) is 13.1 Å². The number of benzene rings is 2. The number of hydrogen-bond acceptors (Lipinski definition) is 7. The summed E-state index contributed by atoms with van der Waals surface area (Å²) in [5.41, 5.74) is 0.321. The highest BCUT2D eigenvalue weighted by molar-refractivity contribution is 5.90. The number of nitrogens with zero attached hydrogens (tertiary/aromatic N) is 2. The van der Waals surface area contributed by atoms with E-state index in [-0.39, 0.29) is 69.7 Å². The Kier molecular flexibility index (Phi) is 13.8. The fourth-order valence-electron chi connectivity index (χ4n) is 4.04. The van der Waals surface area contributed by atoms with Gasteiger partial charge in [0.25, 0.3) is 0 Å². The van der Waals surface area contributed by atoms with Crippen LogP contribution in [0.5, 0.6) is 0 Å². The second kappa shape index (κ2) is 17.0. The van der Waals surface area contributed by atoms with E-state index in [2.05, 4.69) is 10.6 Å². The molecule has 2 N–H and O–H groups in total. The average molecular weight is 611 g/mol. The summed E-state index contributed by atoms with van der Waals surface area (Å²) in [6.07, 6.45) is -1.34. The van der Waals surface area contributed by atoms with Gasteiger partial charge in [0.2, 0.25) is 11.8 Å². The van der Waals surface area contributed by atoms with Gasteiger partial charge in [-0.2, -0.15) is 0 Å². The molecule has 0 radical (unpaired) electrons. The van der Waals surface area contributed by atoms with Crippen molar-refractivity contribution in [3.63, 3.8) is 0 Å². The molecule has 0 heterocycles. The van der Waals surface area contributed by atoms with E-state index in [1.807, 2.05) is 60.7 Å². The highest BCUT2D eigenvalue weighted by Gasteiger charge is 2.23. The third kappa shape index (κ3) is 15.2. The number of nitrogens with one attached hydrogen (secondary N) is 2. The van der Waals surface area contributed by atoms with Crippen molar-refractivity contribution in [2.75, 3.05) is 26.2 Å². The lowest BCUT2D eigenvalue weighted by Crippen LogP contribution is -2.43. The van der Waals surface area contributed by atoms with E-state index in [4.69, 9.17) is 9.47 Å². The minimum atomic E-state index is -0.672. The molecule has 2 aromatic carbocycles. The van der Waals surface area contributed by atoms with Gasteiger partial charge in [-0.25, -0.2) is 9.59 Å². The summed E-state index contributed by atoms with van der Waals surface area (Å²) in [7, 11) is 0. The number of carbonyl (C=O) groups excluding carboxylic acids is 5. The summed E-state index contributed by atoms with van der Waals surface area (Å²) >= 11 is 0. The second-order valence-electron chi connectivity index (χ2n) is 12.4. The van der Waals surface area contributed by atoms with Crippen LogP contribution in [0, 0.1) is 0 Å². The van der Waals surface area contributed by atoms with Crippen LogP contribution < -0.4 is 10.6 Å². The van der Waals surface area contributed by atoms with Crippen LogP contribution in [-0.4, -0.2) is 77.0 Å². The van der Waals surface area contributed by atoms with Crippen LogP contribution in [-0.2, 0) is 36.9 Å². The SMILES string of the molecule is CC(C)(C)OC(=O)NCCC(=O)N(CC(=O)CN(Cc1ccccc1)C(=O)CCNC(=O)OC(C)(C)C)Cc1ccccc1. The molecule has 0 fully saturated rings. The smallest absolute Gasteiger partial charge is 0.407 e. The minimum absolute atomic E-state index is 0.0382. The standard InChI is InChI=1S/C33H46N4O7/c1-32(2,3)43-30(41)34-19-17-28(39)36(21-25-13-9-7-10-14-25)23-27(38)24-37(22-26-15-11-8-12-16-26)29(40)18-20-35-31(42)44-33(4,5)6/h7-16H,17-24H2,1-6H3,(H,34,41)(H,35,42). The van der Waals surface area contributed by atoms with Crippen LogP contribution in [0.25, 0.3) is 0 Å². The van der Waals surface area contributed by atoms with Crippen molar-refractivity contribution in [1.82, 2.24) is 20.4 Å². The number of amides is 4. The Hall–Kier alpha value is -4.41. The van der Waals surface area contributed by atoms with Crippen LogP contribution in [0.3, 0.4) is 0 Å². The van der Waals surface area contributed by atoms with Crippen LogP contribution in [0.1, 0.15) is 65.5 Å². The molecule has 2 rings (SSSR count). The fourth-order valence-corrected chi connectivity index (χ4v) is 4.04. The Balaban J connectivity index is 2.08. The number of ketones is 1. The van der Waals surface area contributed by atoms with Crippen molar-refractivity contribution in [2.24, 2.45) is 0 Å². The molecule has 4 amide bonds. The van der Waals surface area contributed by atoms with E-state index < -0.39 is 23.4 Å². The van der Waals surface area contributed by atoms with Crippen LogP contribution >= 0.6 is 0 Å². The van der Waals surface area contributed by atoms with Crippen molar-refractivity contribution < 1.29 is 33.4 Å². The molecule has 2 aromatic rings. The van der Waals surface area contributed by atoms with E-state index in [1.165, 1.54) is 9.80 Å². The van der Waals surface area contributed by atoms with Crippen molar-refractivity contribution in [2.45, 2.75) is 78.7 Å². The van der Waals surface area contributed by atoms with Gasteiger partial charge in [0.15, 0.2) is 5.78 Å². The fraction of sp³-hybridized carbons (Fsp3) is 0.485. The Bertz CT molecular complexity index is 1140. The molecule has 0 saturated carbocycles. The van der Waals surface area contributed by atoms with Crippen molar-refractivity contribution in [3.05, 3.63) is 71.8 Å². The summed E-state index contributed by atoms with van der Waals surface area (Å²) < 4.78 is 10.4. The molecule has 0 aliphatic rings. The van der Waals surface area contributed by atoms with Crippen LogP contribution in [0.2, 0.25) is 0 Å². The van der Waals surface area contributed by atoms with E-state index in [0.717, 1.165) is 11.1 Å². The lowest BCUT2D eigenvalue weighted by Gasteiger charge is -2.26. The molecular formula is C33H46N4O7. The first-order valence-corrected chi connectivity index (χ1v) is 14.7. The van der Waals surface area contributed by atoms with Gasteiger partial charge in [0, 0.05) is 39.0 Å². The Morgan fingerprint density at radius 3 is 1.25 bits per heavy atom. The molecule has 0 aliphatic heterocycles. The predicted molar refractivity (Wildman–Crippen MR) is 166 cm³/mol. The highest BCUT2D eigenvalue weighted by atomic mass is 16.6.